The van der Waals surface area contributed by atoms with Crippen LogP contribution in [0.15, 0.2) is 12.1 Å². The van der Waals surface area contributed by atoms with Crippen LogP contribution in [0, 0.1) is 19.0 Å². The summed E-state index contributed by atoms with van der Waals surface area (Å²) in [4.78, 5) is 0. The Labute approximate surface area is 156 Å². The van der Waals surface area contributed by atoms with E-state index in [1.165, 1.54) is 19.3 Å². The van der Waals surface area contributed by atoms with Gasteiger partial charge >= 0.3 is 0 Å². The van der Waals surface area contributed by atoms with Gasteiger partial charge in [0, 0.05) is 0 Å². The molecule has 1 aromatic carbocycles. The molecule has 0 heterocycles. The van der Waals surface area contributed by atoms with Crippen LogP contribution in [0.4, 0.5) is 0 Å². The Hall–Kier alpha value is 0.280. The van der Waals surface area contributed by atoms with Crippen molar-refractivity contribution in [1.29, 1.82) is 0 Å². The molecule has 1 unspecified atom stereocenters. The molecule has 0 radical (unpaired) electrons. The van der Waals surface area contributed by atoms with Crippen LogP contribution in [0.25, 0.3) is 0 Å². The summed E-state index contributed by atoms with van der Waals surface area (Å²) < 4.78 is 13.5. The highest BCUT2D eigenvalue weighted by Crippen LogP contribution is 2.31. The predicted octanol–water partition coefficient (Wildman–Crippen LogP) is 6.14. The molecule has 0 amide bonds. The van der Waals surface area contributed by atoms with Crippen LogP contribution in [0.5, 0.6) is 11.5 Å². The number of hydrogen-bond acceptors (Lipinski definition) is 2. The maximum atomic E-state index is 5.95. The van der Waals surface area contributed by atoms with Crippen LogP contribution in [-0.2, 0) is 0 Å². The predicted molar refractivity (Wildman–Crippen MR) is 106 cm³/mol. The minimum atomic E-state index is 0.735. The molecule has 0 saturated heterocycles. The SMILES string of the molecule is COc1cc(I)c(OCCC(C)CCCC(C)C)cc1I. The van der Waals surface area contributed by atoms with Crippen molar-refractivity contribution in [3.8, 4) is 11.5 Å². The Balaban J connectivity index is 2.37. The standard InChI is InChI=1S/C17H26I2O2/c1-12(2)6-5-7-13(3)8-9-21-17-11-14(18)16(20-4)10-15(17)19/h10-13H,5-9H2,1-4H3. The highest BCUT2D eigenvalue weighted by Gasteiger charge is 2.09. The molecular weight excluding hydrogens is 490 g/mol. The zero-order valence-electron chi connectivity index (χ0n) is 13.4. The second kappa shape index (κ2) is 10.1. The van der Waals surface area contributed by atoms with Crippen LogP contribution >= 0.6 is 45.2 Å². The molecule has 0 saturated carbocycles. The fraction of sp³-hybridized carbons (Fsp3) is 0.647. The van der Waals surface area contributed by atoms with E-state index in [9.17, 15) is 0 Å². The van der Waals surface area contributed by atoms with Gasteiger partial charge in [-0.1, -0.05) is 40.0 Å². The van der Waals surface area contributed by atoms with Gasteiger partial charge in [0.25, 0.3) is 0 Å². The fourth-order valence-corrected chi connectivity index (χ4v) is 3.42. The average Bonchev–Trinajstić information content (AvgIpc) is 2.41. The molecule has 0 aliphatic heterocycles. The normalized spacial score (nSPS) is 12.5. The summed E-state index contributed by atoms with van der Waals surface area (Å²) in [5, 5.41) is 0. The first kappa shape index (κ1) is 19.3. The van der Waals surface area contributed by atoms with Gasteiger partial charge in [-0.05, 0) is 75.6 Å². The Kier molecular flexibility index (Phi) is 9.32. The van der Waals surface area contributed by atoms with Gasteiger partial charge in [0.2, 0.25) is 0 Å². The molecule has 0 aromatic heterocycles. The van der Waals surface area contributed by atoms with E-state index in [0.717, 1.165) is 43.5 Å². The molecule has 1 rings (SSSR count). The molecule has 0 aliphatic rings. The average molecular weight is 516 g/mol. The summed E-state index contributed by atoms with van der Waals surface area (Å²) in [6.45, 7) is 7.70. The summed E-state index contributed by atoms with van der Waals surface area (Å²) in [5.41, 5.74) is 0. The van der Waals surface area contributed by atoms with Crippen LogP contribution in [-0.4, -0.2) is 13.7 Å². The maximum Gasteiger partial charge on any atom is 0.133 e. The topological polar surface area (TPSA) is 18.5 Å². The number of benzene rings is 1. The number of methoxy groups -OCH3 is 1. The van der Waals surface area contributed by atoms with Crippen LogP contribution in [0.1, 0.15) is 46.5 Å². The van der Waals surface area contributed by atoms with Crippen molar-refractivity contribution in [2.45, 2.75) is 46.5 Å². The van der Waals surface area contributed by atoms with Crippen molar-refractivity contribution in [3.63, 3.8) is 0 Å². The van der Waals surface area contributed by atoms with E-state index in [1.807, 2.05) is 6.07 Å². The van der Waals surface area contributed by atoms with E-state index in [1.54, 1.807) is 7.11 Å². The van der Waals surface area contributed by atoms with Crippen LogP contribution in [0.3, 0.4) is 0 Å². The second-order valence-electron chi connectivity index (χ2n) is 5.98. The third-order valence-corrected chi connectivity index (χ3v) is 5.24. The minimum Gasteiger partial charge on any atom is -0.496 e. The van der Waals surface area contributed by atoms with Crippen LogP contribution in [0.2, 0.25) is 0 Å². The smallest absolute Gasteiger partial charge is 0.133 e. The maximum absolute atomic E-state index is 5.95. The third kappa shape index (κ3) is 7.39. The summed E-state index contributed by atoms with van der Waals surface area (Å²) >= 11 is 4.59. The second-order valence-corrected chi connectivity index (χ2v) is 8.31. The molecule has 4 heteroatoms. The van der Waals surface area contributed by atoms with Gasteiger partial charge in [0.15, 0.2) is 0 Å². The Bertz CT molecular complexity index is 433. The fourth-order valence-electron chi connectivity index (χ4n) is 2.17. The molecule has 2 nitrogen and oxygen atoms in total. The van der Waals surface area contributed by atoms with Crippen molar-refractivity contribution in [1.82, 2.24) is 0 Å². The zero-order valence-corrected chi connectivity index (χ0v) is 17.7. The van der Waals surface area contributed by atoms with Gasteiger partial charge in [-0.25, -0.2) is 0 Å². The molecule has 0 spiro atoms. The number of hydrogen-bond donors (Lipinski definition) is 0. The van der Waals surface area contributed by atoms with Crippen molar-refractivity contribution in [2.75, 3.05) is 13.7 Å². The highest BCUT2D eigenvalue weighted by molar-refractivity contribution is 14.1. The molecule has 0 aliphatic carbocycles. The van der Waals surface area contributed by atoms with Gasteiger partial charge in [-0.2, -0.15) is 0 Å². The van der Waals surface area contributed by atoms with E-state index in [0.29, 0.717) is 0 Å². The molecule has 0 N–H and O–H groups in total. The first-order chi connectivity index (χ1) is 9.93. The minimum absolute atomic E-state index is 0.735. The lowest BCUT2D eigenvalue weighted by atomic mass is 9.98. The summed E-state index contributed by atoms with van der Waals surface area (Å²) in [7, 11) is 1.70. The van der Waals surface area contributed by atoms with Gasteiger partial charge in [0.1, 0.15) is 11.5 Å². The highest BCUT2D eigenvalue weighted by atomic mass is 127. The van der Waals surface area contributed by atoms with E-state index < -0.39 is 0 Å². The van der Waals surface area contributed by atoms with Gasteiger partial charge in [-0.3, -0.25) is 0 Å². The molecule has 0 fully saturated rings. The van der Waals surface area contributed by atoms with Crippen molar-refractivity contribution >= 4 is 45.2 Å². The van der Waals surface area contributed by atoms with Crippen molar-refractivity contribution < 1.29 is 9.47 Å². The van der Waals surface area contributed by atoms with E-state index >= 15 is 0 Å². The Morgan fingerprint density at radius 3 is 2.19 bits per heavy atom. The largest absolute Gasteiger partial charge is 0.496 e. The molecule has 120 valence electrons. The molecule has 1 atom stereocenters. The quantitative estimate of drug-likeness (QED) is 0.368. The zero-order chi connectivity index (χ0) is 15.8. The summed E-state index contributed by atoms with van der Waals surface area (Å²) in [6.07, 6.45) is 5.09. The molecule has 1 aromatic rings. The van der Waals surface area contributed by atoms with E-state index in [2.05, 4.69) is 72.0 Å². The molecule has 0 bridgehead atoms. The van der Waals surface area contributed by atoms with Crippen molar-refractivity contribution in [2.24, 2.45) is 11.8 Å². The van der Waals surface area contributed by atoms with Crippen molar-refractivity contribution in [3.05, 3.63) is 19.3 Å². The van der Waals surface area contributed by atoms with Crippen LogP contribution < -0.4 is 9.47 Å². The third-order valence-electron chi connectivity index (χ3n) is 3.55. The lowest BCUT2D eigenvalue weighted by Gasteiger charge is -2.14. The van der Waals surface area contributed by atoms with E-state index in [-0.39, 0.29) is 0 Å². The van der Waals surface area contributed by atoms with Gasteiger partial charge < -0.3 is 9.47 Å². The summed E-state index contributed by atoms with van der Waals surface area (Å²) in [6, 6.07) is 4.09. The lowest BCUT2D eigenvalue weighted by Crippen LogP contribution is -2.06. The first-order valence-corrected chi connectivity index (χ1v) is 9.75. The van der Waals surface area contributed by atoms with Gasteiger partial charge in [-0.15, -0.1) is 0 Å². The molecular formula is C17H26I2O2. The Morgan fingerprint density at radius 1 is 0.952 bits per heavy atom. The summed E-state index contributed by atoms with van der Waals surface area (Å²) in [5.74, 6) is 3.43. The monoisotopic (exact) mass is 516 g/mol. The van der Waals surface area contributed by atoms with Gasteiger partial charge in [0.05, 0.1) is 20.9 Å². The Morgan fingerprint density at radius 2 is 1.57 bits per heavy atom. The molecule has 21 heavy (non-hydrogen) atoms. The number of halogens is 2. The first-order valence-electron chi connectivity index (χ1n) is 7.59. The van der Waals surface area contributed by atoms with E-state index in [4.69, 9.17) is 9.47 Å². The lowest BCUT2D eigenvalue weighted by molar-refractivity contribution is 0.273. The number of ether oxygens (including phenoxy) is 2. The number of rotatable bonds is 9.